The number of ether oxygens (including phenoxy) is 5. The van der Waals surface area contributed by atoms with E-state index in [0.717, 1.165) is 103 Å². The molecule has 0 unspecified atom stereocenters. The lowest BCUT2D eigenvalue weighted by Gasteiger charge is -2.33. The lowest BCUT2D eigenvalue weighted by Crippen LogP contribution is -2.40. The van der Waals surface area contributed by atoms with E-state index in [-0.39, 0.29) is 60.2 Å². The first-order valence-electron chi connectivity index (χ1n) is 41.2. The van der Waals surface area contributed by atoms with Gasteiger partial charge in [0.25, 0.3) is 11.8 Å². The second kappa shape index (κ2) is 28.2. The molecule has 0 radical (unpaired) electrons. The van der Waals surface area contributed by atoms with Gasteiger partial charge in [-0.25, -0.2) is 14.5 Å². The van der Waals surface area contributed by atoms with Gasteiger partial charge < -0.3 is 28.6 Å². The third-order valence-electron chi connectivity index (χ3n) is 23.9. The summed E-state index contributed by atoms with van der Waals surface area (Å²) in [5, 5.41) is 9.15. The topological polar surface area (TPSA) is 121 Å². The van der Waals surface area contributed by atoms with Gasteiger partial charge in [0.05, 0.1) is 27.9 Å². The predicted octanol–water partition coefficient (Wildman–Crippen LogP) is 29.8. The minimum atomic E-state index is -0.797. The van der Waals surface area contributed by atoms with Gasteiger partial charge in [0.2, 0.25) is 0 Å². The summed E-state index contributed by atoms with van der Waals surface area (Å²) in [6.45, 7) is 44.7. The highest BCUT2D eigenvalue weighted by molar-refractivity contribution is 6.48. The van der Waals surface area contributed by atoms with Crippen molar-refractivity contribution in [2.24, 2.45) is 16.2 Å². The number of hydrogen-bond donors (Lipinski definition) is 0. The fourth-order valence-electron chi connectivity index (χ4n) is 20.2. The maximum absolute atomic E-state index is 16.4. The monoisotopic (exact) mass is 1560 g/mol. The number of carbonyl (C=O) groups excluding carboxylic acids is 4. The van der Waals surface area contributed by atoms with Crippen LogP contribution in [-0.4, -0.2) is 23.8 Å². The molecule has 0 saturated carbocycles. The van der Waals surface area contributed by atoms with Crippen molar-refractivity contribution in [1.29, 1.82) is 0 Å². The third-order valence-corrected chi connectivity index (χ3v) is 23.9. The zero-order valence-corrected chi connectivity index (χ0v) is 71.0. The molecule has 118 heavy (non-hydrogen) atoms. The average Bonchev–Trinajstić information content (AvgIpc) is 0.668. The van der Waals surface area contributed by atoms with Gasteiger partial charge in [-0.05, 0) is 246 Å². The Kier molecular flexibility index (Phi) is 18.7. The average molecular weight is 1560 g/mol. The van der Waals surface area contributed by atoms with E-state index in [2.05, 4.69) is 233 Å². The molecule has 2 heterocycles. The highest BCUT2D eigenvalue weighted by Gasteiger charge is 2.41. The second-order valence-corrected chi connectivity index (χ2v) is 39.3. The molecule has 0 spiro atoms. The van der Waals surface area contributed by atoms with Crippen LogP contribution in [0, 0.1) is 16.2 Å². The van der Waals surface area contributed by atoms with Gasteiger partial charge >= 0.3 is 11.9 Å². The van der Waals surface area contributed by atoms with Crippen molar-refractivity contribution in [3.8, 4) is 46.0 Å². The van der Waals surface area contributed by atoms with Crippen LogP contribution in [0.3, 0.4) is 0 Å². The van der Waals surface area contributed by atoms with Crippen LogP contribution in [-0.2, 0) is 26.4 Å². The molecule has 2 aliphatic rings. The number of hydrogen-bond acceptors (Lipinski definition) is 10. The van der Waals surface area contributed by atoms with E-state index in [4.69, 9.17) is 23.7 Å². The Labute approximate surface area is 691 Å². The molecule has 2 aliphatic heterocycles. The summed E-state index contributed by atoms with van der Waals surface area (Å²) in [6.07, 6.45) is 3.57. The molecule has 0 aliphatic carbocycles. The molecule has 0 N–H and O–H groups in total. The number of allylic oxidation sites excluding steroid dienone is 1. The van der Waals surface area contributed by atoms with E-state index in [1.54, 1.807) is 12.1 Å². The lowest BCUT2D eigenvalue weighted by molar-refractivity contribution is 0.0390. The maximum atomic E-state index is 16.4. The Morgan fingerprint density at radius 3 is 0.898 bits per heavy atom. The highest BCUT2D eigenvalue weighted by atomic mass is 16.6. The molecule has 11 nitrogen and oxygen atoms in total. The standard InChI is InChI=1S/C107H102N2O9/c1-62(2)58-104(12,13)63-30-42-71(43-31-63)114-83-54-79-89-80(98(111)109(97(79)110)70-40-38-69(39-41-70)108(67-26-22-20-23-27-67)68-28-24-21-25-29-68)55-84(115-72-44-32-64(33-45-72)105(14,15)59-101(3,4)5)92-76-51-53-78-88-77(52-50-75(87(76)88)91(83)95(89)92)93-85(116-73-46-34-65(35-47-73)106(16,17)60-102(6,7)8)56-81-90-82(100(113)118-99(81)112)57-86(94(78)96(90)93)117-74-48-36-66(37-49-74)107(18,19)61-103(9,10)11/h20-57H,1,58-61H2,2-19H3. The number of cyclic esters (lactones) is 2. The van der Waals surface area contributed by atoms with Gasteiger partial charge in [0.1, 0.15) is 46.0 Å². The third kappa shape index (κ3) is 14.1. The molecule has 2 amide bonds. The molecule has 0 aromatic heterocycles. The SMILES string of the molecule is C=C(C)CC(C)(C)c1ccc(Oc2cc3c4c(cc(Oc5ccc(C(C)(C)CC(C)(C)C)cc5)c5c6ccc7c8c(Oc9ccc(C(C)(C)CC(C)(C)C)cc9)cc9c%10c(cc(Oc%11ccc(C(C)(C)CC(C)(C)C)cc%11)c(c%11ccc(c2c45)c6c%117)c%108)C(=O)OC9=O)C(=O)N(c2ccc(N(c4ccccc4)c4ccccc4)cc2)C3=O)cc1. The van der Waals surface area contributed by atoms with Gasteiger partial charge in [-0.2, -0.15) is 0 Å². The summed E-state index contributed by atoms with van der Waals surface area (Å²) >= 11 is 0. The molecule has 17 rings (SSSR count). The fourth-order valence-corrected chi connectivity index (χ4v) is 20.2. The molecule has 0 fully saturated rings. The van der Waals surface area contributed by atoms with Crippen molar-refractivity contribution in [1.82, 2.24) is 0 Å². The number of benzene rings is 15. The highest BCUT2D eigenvalue weighted by Crippen LogP contribution is 2.59. The van der Waals surface area contributed by atoms with Crippen LogP contribution in [0.25, 0.3) is 75.4 Å². The van der Waals surface area contributed by atoms with Crippen molar-refractivity contribution in [3.63, 3.8) is 0 Å². The van der Waals surface area contributed by atoms with Crippen LogP contribution in [0.1, 0.15) is 214 Å². The summed E-state index contributed by atoms with van der Waals surface area (Å²) in [5.74, 6) is 0.889. The Balaban J connectivity index is 0.962. The van der Waals surface area contributed by atoms with Crippen molar-refractivity contribution in [2.45, 2.75) is 172 Å². The molecule has 0 saturated heterocycles. The zero-order chi connectivity index (χ0) is 83.4. The number of imide groups is 1. The van der Waals surface area contributed by atoms with E-state index in [0.29, 0.717) is 94.8 Å². The van der Waals surface area contributed by atoms with E-state index in [1.807, 2.05) is 121 Å². The van der Waals surface area contributed by atoms with Crippen LogP contribution >= 0.6 is 0 Å². The quantitative estimate of drug-likeness (QED) is 0.0172. The summed E-state index contributed by atoms with van der Waals surface area (Å²) in [6, 6.07) is 76.1. The first kappa shape index (κ1) is 78.2. The largest absolute Gasteiger partial charge is 0.457 e. The smallest absolute Gasteiger partial charge is 0.346 e. The summed E-state index contributed by atoms with van der Waals surface area (Å²) in [7, 11) is 0. The van der Waals surface area contributed by atoms with Crippen LogP contribution in [0.5, 0.6) is 46.0 Å². The van der Waals surface area contributed by atoms with E-state index >= 15 is 9.59 Å². The van der Waals surface area contributed by atoms with E-state index in [1.165, 1.54) is 4.90 Å². The maximum Gasteiger partial charge on any atom is 0.346 e. The van der Waals surface area contributed by atoms with E-state index < -0.39 is 23.8 Å². The number of amides is 2. The second-order valence-electron chi connectivity index (χ2n) is 39.3. The predicted molar refractivity (Wildman–Crippen MR) is 483 cm³/mol. The van der Waals surface area contributed by atoms with Gasteiger partial charge in [-0.15, -0.1) is 6.58 Å². The summed E-state index contributed by atoms with van der Waals surface area (Å²) < 4.78 is 35.3. The minimum absolute atomic E-state index is 0.0419. The minimum Gasteiger partial charge on any atom is -0.457 e. The number of nitrogens with zero attached hydrogens (tertiary/aromatic N) is 2. The summed E-state index contributed by atoms with van der Waals surface area (Å²) in [5.41, 5.74) is 8.89. The van der Waals surface area contributed by atoms with Crippen molar-refractivity contribution in [3.05, 3.63) is 287 Å². The van der Waals surface area contributed by atoms with Gasteiger partial charge in [0, 0.05) is 60.2 Å². The fraction of sp³-hybridized carbons (Fsp3) is 0.271. The Bertz CT molecular complexity index is 6390. The molecule has 594 valence electrons. The zero-order valence-electron chi connectivity index (χ0n) is 71.0. The molecular formula is C107H102N2O9. The number of carbonyl (C=O) groups is 4. The first-order valence-corrected chi connectivity index (χ1v) is 41.2. The van der Waals surface area contributed by atoms with Crippen LogP contribution < -0.4 is 28.7 Å². The molecular weight excluding hydrogens is 1460 g/mol. The molecule has 15 aromatic rings. The molecule has 11 heteroatoms. The molecule has 15 aromatic carbocycles. The number of fused-ring (bicyclic) bond motifs is 4. The van der Waals surface area contributed by atoms with Crippen LogP contribution in [0.2, 0.25) is 0 Å². The number of para-hydroxylation sites is 2. The van der Waals surface area contributed by atoms with Gasteiger partial charge in [-0.3, -0.25) is 9.59 Å². The van der Waals surface area contributed by atoms with Gasteiger partial charge in [-0.1, -0.05) is 232 Å². The number of rotatable bonds is 21. The first-order chi connectivity index (χ1) is 55.8. The van der Waals surface area contributed by atoms with Crippen molar-refractivity contribution >= 4 is 122 Å². The molecule has 0 bridgehead atoms. The normalized spacial score (nSPS) is 13.8. The van der Waals surface area contributed by atoms with Crippen molar-refractivity contribution in [2.75, 3.05) is 9.80 Å². The van der Waals surface area contributed by atoms with Crippen molar-refractivity contribution < 1.29 is 42.9 Å². The Morgan fingerprint density at radius 1 is 0.322 bits per heavy atom. The van der Waals surface area contributed by atoms with E-state index in [9.17, 15) is 9.59 Å². The number of anilines is 4. The molecule has 0 atom stereocenters. The van der Waals surface area contributed by atoms with Crippen LogP contribution in [0.15, 0.2) is 243 Å². The Hall–Kier alpha value is -12.3. The summed E-state index contributed by atoms with van der Waals surface area (Å²) in [4.78, 5) is 65.6. The Morgan fingerprint density at radius 2 is 0.602 bits per heavy atom. The lowest BCUT2D eigenvalue weighted by atomic mass is 9.72. The van der Waals surface area contributed by atoms with Gasteiger partial charge in [0.15, 0.2) is 0 Å². The number of esters is 2. The van der Waals surface area contributed by atoms with Crippen LogP contribution in [0.4, 0.5) is 22.7 Å².